The Bertz CT molecular complexity index is 242. The maximum Gasteiger partial charge on any atom is 0.147 e. The Balaban J connectivity index is 5.36. The average Bonchev–Trinajstić information content (AvgIpc) is 2.42. The topological polar surface area (TPSA) is 27.7 Å². The fraction of sp³-hybridized carbons (Fsp3) is 1.00. The van der Waals surface area contributed by atoms with E-state index < -0.39 is 0 Å². The maximum atomic E-state index is 6.29. The van der Waals surface area contributed by atoms with Crippen LogP contribution in [0.25, 0.3) is 0 Å². The van der Waals surface area contributed by atoms with Crippen LogP contribution < -0.4 is 0 Å². The van der Waals surface area contributed by atoms with E-state index in [4.69, 9.17) is 14.2 Å². The molecule has 0 saturated heterocycles. The lowest BCUT2D eigenvalue weighted by molar-refractivity contribution is -0.200. The molecule has 0 fully saturated rings. The Labute approximate surface area is 126 Å². The highest BCUT2D eigenvalue weighted by Crippen LogP contribution is 2.41. The molecule has 0 spiro atoms. The molecule has 4 unspecified atom stereocenters. The van der Waals surface area contributed by atoms with Gasteiger partial charge in [-0.1, -0.05) is 48.0 Å². The van der Waals surface area contributed by atoms with Gasteiger partial charge in [-0.15, -0.1) is 0 Å². The Morgan fingerprint density at radius 3 is 1.95 bits per heavy atom. The number of hydrogen-bond acceptors (Lipinski definition) is 3. The molecular formula is C17H36O3. The molecule has 122 valence electrons. The molecule has 20 heavy (non-hydrogen) atoms. The van der Waals surface area contributed by atoms with Crippen molar-refractivity contribution in [2.45, 2.75) is 60.0 Å². The van der Waals surface area contributed by atoms with E-state index in [0.717, 1.165) is 13.0 Å². The third-order valence-electron chi connectivity index (χ3n) is 4.83. The lowest BCUT2D eigenvalue weighted by Gasteiger charge is -2.46. The lowest BCUT2D eigenvalue weighted by Crippen LogP contribution is -2.50. The van der Waals surface area contributed by atoms with Crippen molar-refractivity contribution in [3.8, 4) is 0 Å². The predicted octanol–water partition coefficient (Wildman–Crippen LogP) is 4.36. The normalized spacial score (nSPS) is 19.6. The molecule has 3 nitrogen and oxygen atoms in total. The minimum Gasteiger partial charge on any atom is -0.384 e. The molecule has 0 aromatic carbocycles. The molecule has 3 heteroatoms. The van der Waals surface area contributed by atoms with Gasteiger partial charge in [-0.05, 0) is 24.2 Å². The van der Waals surface area contributed by atoms with Gasteiger partial charge in [0, 0.05) is 20.1 Å². The zero-order valence-corrected chi connectivity index (χ0v) is 14.9. The Morgan fingerprint density at radius 2 is 1.55 bits per heavy atom. The van der Waals surface area contributed by atoms with Gasteiger partial charge in [0.2, 0.25) is 0 Å². The molecule has 0 aromatic heterocycles. The van der Waals surface area contributed by atoms with Crippen LogP contribution in [-0.2, 0) is 14.2 Å². The van der Waals surface area contributed by atoms with Gasteiger partial charge in [-0.2, -0.15) is 0 Å². The van der Waals surface area contributed by atoms with Gasteiger partial charge >= 0.3 is 0 Å². The minimum absolute atomic E-state index is 0.185. The summed E-state index contributed by atoms with van der Waals surface area (Å²) in [7, 11) is 3.45. The number of hydrogen-bond donors (Lipinski definition) is 0. The highest BCUT2D eigenvalue weighted by atomic mass is 16.7. The van der Waals surface area contributed by atoms with Crippen molar-refractivity contribution >= 4 is 0 Å². The first-order valence-corrected chi connectivity index (χ1v) is 7.97. The van der Waals surface area contributed by atoms with E-state index in [1.165, 1.54) is 6.42 Å². The van der Waals surface area contributed by atoms with Crippen LogP contribution in [0.2, 0.25) is 0 Å². The van der Waals surface area contributed by atoms with Gasteiger partial charge in [0.05, 0.1) is 12.2 Å². The summed E-state index contributed by atoms with van der Waals surface area (Å²) in [6.45, 7) is 14.7. The van der Waals surface area contributed by atoms with E-state index >= 15 is 0 Å². The van der Waals surface area contributed by atoms with Gasteiger partial charge < -0.3 is 14.2 Å². The molecule has 0 N–H and O–H groups in total. The monoisotopic (exact) mass is 288 g/mol. The molecule has 0 bridgehead atoms. The second kappa shape index (κ2) is 9.75. The van der Waals surface area contributed by atoms with Gasteiger partial charge in [0.1, 0.15) is 6.79 Å². The van der Waals surface area contributed by atoms with Crippen LogP contribution >= 0.6 is 0 Å². The van der Waals surface area contributed by atoms with E-state index in [2.05, 4.69) is 41.5 Å². The molecular weight excluding hydrogens is 252 g/mol. The second-order valence-corrected chi connectivity index (χ2v) is 6.61. The van der Waals surface area contributed by atoms with E-state index in [1.807, 2.05) is 0 Å². The summed E-state index contributed by atoms with van der Waals surface area (Å²) in [6.07, 6.45) is 2.22. The van der Waals surface area contributed by atoms with E-state index in [-0.39, 0.29) is 5.60 Å². The fourth-order valence-corrected chi connectivity index (χ4v) is 2.98. The van der Waals surface area contributed by atoms with Crippen molar-refractivity contribution in [2.75, 3.05) is 27.6 Å². The zero-order valence-electron chi connectivity index (χ0n) is 14.9. The van der Waals surface area contributed by atoms with Gasteiger partial charge in [0.25, 0.3) is 0 Å². The Kier molecular flexibility index (Phi) is 9.69. The molecule has 0 heterocycles. The number of methoxy groups -OCH3 is 2. The maximum absolute atomic E-state index is 6.29. The first kappa shape index (κ1) is 19.9. The summed E-state index contributed by atoms with van der Waals surface area (Å²) < 4.78 is 16.9. The summed E-state index contributed by atoms with van der Waals surface area (Å²) >= 11 is 0. The van der Waals surface area contributed by atoms with Crippen LogP contribution in [0.15, 0.2) is 0 Å². The summed E-state index contributed by atoms with van der Waals surface area (Å²) in [5, 5.41) is 0. The van der Waals surface area contributed by atoms with Gasteiger partial charge in [-0.3, -0.25) is 0 Å². The standard InChI is InChI=1S/C17H36O3/c1-9-14(4)10-17(20-12-19-8,15(5)11-18-7)16(6)13(2)3/h13-16H,9-12H2,1-8H3. The highest BCUT2D eigenvalue weighted by molar-refractivity contribution is 4.93. The number of rotatable bonds is 11. The molecule has 0 saturated carbocycles. The first-order valence-electron chi connectivity index (χ1n) is 7.97. The van der Waals surface area contributed by atoms with Gasteiger partial charge in [-0.25, -0.2) is 0 Å². The SMILES string of the molecule is CCC(C)CC(OCOC)(C(C)COC)C(C)C(C)C. The highest BCUT2D eigenvalue weighted by Gasteiger charge is 2.44. The van der Waals surface area contributed by atoms with E-state index in [1.54, 1.807) is 14.2 Å². The molecule has 0 aromatic rings. The Morgan fingerprint density at radius 1 is 0.950 bits per heavy atom. The third kappa shape index (κ3) is 5.34. The second-order valence-electron chi connectivity index (χ2n) is 6.61. The molecule has 4 atom stereocenters. The van der Waals surface area contributed by atoms with E-state index in [0.29, 0.717) is 30.5 Å². The van der Waals surface area contributed by atoms with Crippen LogP contribution in [-0.4, -0.2) is 33.2 Å². The molecule has 0 aliphatic carbocycles. The van der Waals surface area contributed by atoms with Crippen molar-refractivity contribution < 1.29 is 14.2 Å². The summed E-state index contributed by atoms with van der Waals surface area (Å²) in [6, 6.07) is 0. The number of ether oxygens (including phenoxy) is 3. The van der Waals surface area contributed by atoms with Crippen LogP contribution in [0.3, 0.4) is 0 Å². The van der Waals surface area contributed by atoms with Crippen molar-refractivity contribution in [2.24, 2.45) is 23.7 Å². The average molecular weight is 288 g/mol. The lowest BCUT2D eigenvalue weighted by atomic mass is 9.69. The summed E-state index contributed by atoms with van der Waals surface area (Å²) in [4.78, 5) is 0. The quantitative estimate of drug-likeness (QED) is 0.529. The molecule has 0 aliphatic heterocycles. The molecule has 0 radical (unpaired) electrons. The fourth-order valence-electron chi connectivity index (χ4n) is 2.98. The van der Waals surface area contributed by atoms with E-state index in [9.17, 15) is 0 Å². The van der Waals surface area contributed by atoms with Crippen LogP contribution in [0, 0.1) is 23.7 Å². The van der Waals surface area contributed by atoms with Crippen molar-refractivity contribution in [1.82, 2.24) is 0 Å². The molecule has 0 rings (SSSR count). The predicted molar refractivity (Wildman–Crippen MR) is 84.8 cm³/mol. The van der Waals surface area contributed by atoms with Crippen molar-refractivity contribution in [1.29, 1.82) is 0 Å². The van der Waals surface area contributed by atoms with Crippen LogP contribution in [0.1, 0.15) is 54.4 Å². The molecule has 0 amide bonds. The zero-order chi connectivity index (χ0) is 15.8. The Hall–Kier alpha value is -0.120. The molecule has 0 aliphatic rings. The van der Waals surface area contributed by atoms with Crippen LogP contribution in [0.5, 0.6) is 0 Å². The van der Waals surface area contributed by atoms with Crippen molar-refractivity contribution in [3.63, 3.8) is 0 Å². The first-order chi connectivity index (χ1) is 9.35. The van der Waals surface area contributed by atoms with Gasteiger partial charge in [0.15, 0.2) is 0 Å². The summed E-state index contributed by atoms with van der Waals surface area (Å²) in [5.41, 5.74) is -0.185. The largest absolute Gasteiger partial charge is 0.384 e. The smallest absolute Gasteiger partial charge is 0.147 e. The third-order valence-corrected chi connectivity index (χ3v) is 4.83. The van der Waals surface area contributed by atoms with Crippen molar-refractivity contribution in [3.05, 3.63) is 0 Å². The van der Waals surface area contributed by atoms with Crippen LogP contribution in [0.4, 0.5) is 0 Å². The summed E-state index contributed by atoms with van der Waals surface area (Å²) in [5.74, 6) is 1.99. The minimum atomic E-state index is -0.185.